The number of piperazine rings is 1. The molecular formula is C23H31ClN4O3S. The van der Waals surface area contributed by atoms with Gasteiger partial charge in [0.15, 0.2) is 0 Å². The molecule has 2 aromatic rings. The molecule has 3 rings (SSSR count). The van der Waals surface area contributed by atoms with E-state index in [-0.39, 0.29) is 27.9 Å². The Kier molecular flexibility index (Phi) is 9.07. The molecule has 1 amide bonds. The predicted molar refractivity (Wildman–Crippen MR) is 127 cm³/mol. The monoisotopic (exact) mass is 478 g/mol. The zero-order chi connectivity index (χ0) is 23.0. The molecule has 1 fully saturated rings. The average molecular weight is 479 g/mol. The SMILES string of the molecule is CN1CCN(CCCCNC(=O)c2ccc(Cl)c(S(=O)(=O)NCc3ccccc3)c2)CC1. The summed E-state index contributed by atoms with van der Waals surface area (Å²) in [5, 5.41) is 2.95. The third-order valence-corrected chi connectivity index (χ3v) is 7.46. The molecule has 9 heteroatoms. The lowest BCUT2D eigenvalue weighted by Crippen LogP contribution is -2.44. The van der Waals surface area contributed by atoms with Gasteiger partial charge in [-0.15, -0.1) is 0 Å². The number of likely N-dealkylation sites (N-methyl/N-ethyl adjacent to an activating group) is 1. The topological polar surface area (TPSA) is 81.8 Å². The zero-order valence-corrected chi connectivity index (χ0v) is 20.0. The second-order valence-electron chi connectivity index (χ2n) is 8.06. The van der Waals surface area contributed by atoms with E-state index in [0.29, 0.717) is 6.54 Å². The third kappa shape index (κ3) is 7.28. The molecule has 1 saturated heterocycles. The van der Waals surface area contributed by atoms with E-state index in [1.54, 1.807) is 0 Å². The lowest BCUT2D eigenvalue weighted by atomic mass is 10.2. The van der Waals surface area contributed by atoms with Crippen molar-refractivity contribution >= 4 is 27.5 Å². The van der Waals surface area contributed by atoms with E-state index in [2.05, 4.69) is 26.9 Å². The van der Waals surface area contributed by atoms with Gasteiger partial charge in [-0.05, 0) is 50.2 Å². The Morgan fingerprint density at radius 3 is 2.47 bits per heavy atom. The molecular weight excluding hydrogens is 448 g/mol. The fraction of sp³-hybridized carbons (Fsp3) is 0.435. The van der Waals surface area contributed by atoms with Crippen molar-refractivity contribution in [3.63, 3.8) is 0 Å². The summed E-state index contributed by atoms with van der Waals surface area (Å²) in [5.41, 5.74) is 1.10. The normalized spacial score (nSPS) is 15.6. The van der Waals surface area contributed by atoms with Crippen LogP contribution < -0.4 is 10.0 Å². The van der Waals surface area contributed by atoms with Gasteiger partial charge in [-0.2, -0.15) is 0 Å². The molecule has 0 atom stereocenters. The number of hydrogen-bond acceptors (Lipinski definition) is 5. The number of carbonyl (C=O) groups excluding carboxylic acids is 1. The molecule has 1 heterocycles. The minimum absolute atomic E-state index is 0.0780. The van der Waals surface area contributed by atoms with Gasteiger partial charge in [-0.25, -0.2) is 13.1 Å². The van der Waals surface area contributed by atoms with Crippen molar-refractivity contribution in [3.8, 4) is 0 Å². The molecule has 0 aliphatic carbocycles. The van der Waals surface area contributed by atoms with Gasteiger partial charge < -0.3 is 15.1 Å². The van der Waals surface area contributed by atoms with Crippen LogP contribution in [0.15, 0.2) is 53.4 Å². The number of rotatable bonds is 10. The Morgan fingerprint density at radius 2 is 1.75 bits per heavy atom. The van der Waals surface area contributed by atoms with Crippen molar-refractivity contribution in [2.45, 2.75) is 24.3 Å². The van der Waals surface area contributed by atoms with Crippen LogP contribution in [0.5, 0.6) is 0 Å². The first-order chi connectivity index (χ1) is 15.3. The summed E-state index contributed by atoms with van der Waals surface area (Å²) >= 11 is 6.14. The van der Waals surface area contributed by atoms with Gasteiger partial charge in [0.05, 0.1) is 5.02 Å². The van der Waals surface area contributed by atoms with E-state index < -0.39 is 10.0 Å². The highest BCUT2D eigenvalue weighted by molar-refractivity contribution is 7.89. The molecule has 2 N–H and O–H groups in total. The highest BCUT2D eigenvalue weighted by Crippen LogP contribution is 2.23. The van der Waals surface area contributed by atoms with Crippen LogP contribution in [-0.2, 0) is 16.6 Å². The Morgan fingerprint density at radius 1 is 1.03 bits per heavy atom. The minimum Gasteiger partial charge on any atom is -0.352 e. The first-order valence-corrected chi connectivity index (χ1v) is 12.7. The number of carbonyl (C=O) groups is 1. The number of sulfonamides is 1. The fourth-order valence-corrected chi connectivity index (χ4v) is 5.08. The lowest BCUT2D eigenvalue weighted by molar-refractivity contribution is 0.0951. The summed E-state index contributed by atoms with van der Waals surface area (Å²) < 4.78 is 28.0. The zero-order valence-electron chi connectivity index (χ0n) is 18.4. The van der Waals surface area contributed by atoms with Crippen molar-refractivity contribution in [1.82, 2.24) is 19.8 Å². The van der Waals surface area contributed by atoms with Crippen molar-refractivity contribution in [3.05, 3.63) is 64.7 Å². The van der Waals surface area contributed by atoms with Crippen LogP contribution in [0, 0.1) is 0 Å². The number of benzene rings is 2. The van der Waals surface area contributed by atoms with Crippen LogP contribution in [0.3, 0.4) is 0 Å². The standard InChI is InChI=1S/C23H31ClN4O3S/c1-27-13-15-28(16-14-27)12-6-5-11-25-23(29)20-9-10-21(24)22(17-20)32(30,31)26-18-19-7-3-2-4-8-19/h2-4,7-10,17,26H,5-6,11-16,18H2,1H3,(H,25,29). The van der Waals surface area contributed by atoms with Crippen LogP contribution in [0.1, 0.15) is 28.8 Å². The number of nitrogens with zero attached hydrogens (tertiary/aromatic N) is 2. The molecule has 0 saturated carbocycles. The molecule has 1 aliphatic rings. The largest absolute Gasteiger partial charge is 0.352 e. The lowest BCUT2D eigenvalue weighted by Gasteiger charge is -2.32. The molecule has 1 aliphatic heterocycles. The molecule has 0 aromatic heterocycles. The van der Waals surface area contributed by atoms with E-state index in [4.69, 9.17) is 11.6 Å². The number of unbranched alkanes of at least 4 members (excludes halogenated alkanes) is 1. The van der Waals surface area contributed by atoms with Crippen LogP contribution in [0.4, 0.5) is 0 Å². The summed E-state index contributed by atoms with van der Waals surface area (Å²) in [7, 11) is -1.72. The summed E-state index contributed by atoms with van der Waals surface area (Å²) in [5.74, 6) is -0.305. The van der Waals surface area contributed by atoms with E-state index in [0.717, 1.165) is 51.1 Å². The summed E-state index contributed by atoms with van der Waals surface area (Å²) in [6.45, 7) is 6.08. The van der Waals surface area contributed by atoms with Crippen LogP contribution in [0.25, 0.3) is 0 Å². The van der Waals surface area contributed by atoms with Crippen molar-refractivity contribution in [2.24, 2.45) is 0 Å². The number of halogens is 1. The Labute approximate surface area is 195 Å². The highest BCUT2D eigenvalue weighted by atomic mass is 35.5. The van der Waals surface area contributed by atoms with E-state index in [9.17, 15) is 13.2 Å². The predicted octanol–water partition coefficient (Wildman–Crippen LogP) is 2.58. The smallest absolute Gasteiger partial charge is 0.251 e. The maximum absolute atomic E-state index is 12.7. The van der Waals surface area contributed by atoms with Crippen LogP contribution in [-0.4, -0.2) is 70.4 Å². The molecule has 0 bridgehead atoms. The highest BCUT2D eigenvalue weighted by Gasteiger charge is 2.20. The van der Waals surface area contributed by atoms with E-state index >= 15 is 0 Å². The quantitative estimate of drug-likeness (QED) is 0.513. The molecule has 174 valence electrons. The van der Waals surface area contributed by atoms with Gasteiger partial charge in [-0.3, -0.25) is 4.79 Å². The fourth-order valence-electron chi connectivity index (χ4n) is 3.54. The van der Waals surface area contributed by atoms with E-state index in [1.807, 2.05) is 30.3 Å². The van der Waals surface area contributed by atoms with Crippen molar-refractivity contribution in [1.29, 1.82) is 0 Å². The number of amides is 1. The summed E-state index contributed by atoms with van der Waals surface area (Å²) in [4.78, 5) is 17.2. The summed E-state index contributed by atoms with van der Waals surface area (Å²) in [6, 6.07) is 13.5. The molecule has 2 aromatic carbocycles. The molecule has 0 spiro atoms. The molecule has 32 heavy (non-hydrogen) atoms. The van der Waals surface area contributed by atoms with Gasteiger partial charge in [0.1, 0.15) is 4.90 Å². The van der Waals surface area contributed by atoms with Crippen molar-refractivity contribution < 1.29 is 13.2 Å². The Bertz CT molecular complexity index is 994. The van der Waals surface area contributed by atoms with Gasteiger partial charge in [-0.1, -0.05) is 41.9 Å². The van der Waals surface area contributed by atoms with Crippen molar-refractivity contribution in [2.75, 3.05) is 46.3 Å². The van der Waals surface area contributed by atoms with Gasteiger partial charge >= 0.3 is 0 Å². The molecule has 0 unspecified atom stereocenters. The van der Waals surface area contributed by atoms with Gasteiger partial charge in [0, 0.05) is 44.8 Å². The Hall–Kier alpha value is -1.97. The third-order valence-electron chi connectivity index (χ3n) is 5.57. The number of hydrogen-bond donors (Lipinski definition) is 2. The first-order valence-electron chi connectivity index (χ1n) is 10.9. The average Bonchev–Trinajstić information content (AvgIpc) is 2.79. The maximum atomic E-state index is 12.7. The molecule has 7 nitrogen and oxygen atoms in total. The second-order valence-corrected chi connectivity index (χ2v) is 10.2. The second kappa shape index (κ2) is 11.8. The van der Waals surface area contributed by atoms with Crippen LogP contribution in [0.2, 0.25) is 5.02 Å². The van der Waals surface area contributed by atoms with E-state index in [1.165, 1.54) is 18.2 Å². The minimum atomic E-state index is -3.86. The molecule has 0 radical (unpaired) electrons. The van der Waals surface area contributed by atoms with Crippen LogP contribution >= 0.6 is 11.6 Å². The number of nitrogens with one attached hydrogen (secondary N) is 2. The summed E-state index contributed by atoms with van der Waals surface area (Å²) in [6.07, 6.45) is 1.88. The maximum Gasteiger partial charge on any atom is 0.251 e. The van der Waals surface area contributed by atoms with Gasteiger partial charge in [0.25, 0.3) is 5.91 Å². The first kappa shape index (κ1) is 24.7. The Balaban J connectivity index is 1.49. The van der Waals surface area contributed by atoms with Gasteiger partial charge in [0.2, 0.25) is 10.0 Å².